The summed E-state index contributed by atoms with van der Waals surface area (Å²) in [7, 11) is 0. The summed E-state index contributed by atoms with van der Waals surface area (Å²) in [5.74, 6) is -0.0763. The van der Waals surface area contributed by atoms with Crippen LogP contribution in [-0.4, -0.2) is 24.1 Å². The molecule has 0 radical (unpaired) electrons. The zero-order chi connectivity index (χ0) is 14.9. The normalized spacial score (nSPS) is 18.7. The molecule has 2 saturated carbocycles. The zero-order valence-corrected chi connectivity index (χ0v) is 13.0. The van der Waals surface area contributed by atoms with Gasteiger partial charge in [-0.05, 0) is 51.4 Å². The van der Waals surface area contributed by atoms with E-state index in [1.165, 1.54) is 12.8 Å². The maximum Gasteiger partial charge on any atom is 0.306 e. The summed E-state index contributed by atoms with van der Waals surface area (Å²) in [6, 6.07) is 0. The van der Waals surface area contributed by atoms with E-state index in [0.717, 1.165) is 57.8 Å². The van der Waals surface area contributed by atoms with E-state index in [1.807, 2.05) is 0 Å². The maximum atomic E-state index is 11.5. The SMILES string of the molecule is O=C(CCCCCCCC(=O)OC1CCC1)OC1CCC1. The van der Waals surface area contributed by atoms with Gasteiger partial charge in [0.15, 0.2) is 0 Å². The lowest BCUT2D eigenvalue weighted by Gasteiger charge is -2.25. The van der Waals surface area contributed by atoms with Crippen LogP contribution >= 0.6 is 0 Å². The maximum absolute atomic E-state index is 11.5. The van der Waals surface area contributed by atoms with Crippen LogP contribution in [0.2, 0.25) is 0 Å². The lowest BCUT2D eigenvalue weighted by atomic mass is 9.96. The minimum atomic E-state index is -0.0382. The van der Waals surface area contributed by atoms with Crippen molar-refractivity contribution in [2.75, 3.05) is 0 Å². The fraction of sp³-hybridized carbons (Fsp3) is 0.882. The van der Waals surface area contributed by atoms with Crippen LogP contribution in [0.15, 0.2) is 0 Å². The van der Waals surface area contributed by atoms with Gasteiger partial charge in [0.25, 0.3) is 0 Å². The molecular weight excluding hydrogens is 268 g/mol. The Morgan fingerprint density at radius 3 is 1.38 bits per heavy atom. The highest BCUT2D eigenvalue weighted by Gasteiger charge is 2.22. The fourth-order valence-corrected chi connectivity index (χ4v) is 2.54. The molecule has 4 heteroatoms. The zero-order valence-electron chi connectivity index (χ0n) is 13.0. The molecule has 0 aliphatic heterocycles. The number of carbonyl (C=O) groups is 2. The van der Waals surface area contributed by atoms with Crippen LogP contribution < -0.4 is 0 Å². The molecule has 0 heterocycles. The van der Waals surface area contributed by atoms with Crippen LogP contribution in [0, 0.1) is 0 Å². The third-order valence-electron chi connectivity index (χ3n) is 4.46. The molecule has 0 atom stereocenters. The van der Waals surface area contributed by atoms with Gasteiger partial charge in [-0.2, -0.15) is 0 Å². The van der Waals surface area contributed by atoms with Gasteiger partial charge in [0, 0.05) is 12.8 Å². The molecule has 2 fully saturated rings. The van der Waals surface area contributed by atoms with Gasteiger partial charge in [-0.3, -0.25) is 9.59 Å². The smallest absolute Gasteiger partial charge is 0.306 e. The van der Waals surface area contributed by atoms with Crippen molar-refractivity contribution in [2.24, 2.45) is 0 Å². The van der Waals surface area contributed by atoms with Gasteiger partial charge in [0.2, 0.25) is 0 Å². The molecule has 21 heavy (non-hydrogen) atoms. The van der Waals surface area contributed by atoms with Crippen molar-refractivity contribution in [2.45, 2.75) is 95.7 Å². The summed E-state index contributed by atoms with van der Waals surface area (Å²) in [6.07, 6.45) is 13.0. The van der Waals surface area contributed by atoms with Crippen molar-refractivity contribution in [1.29, 1.82) is 0 Å². The highest BCUT2D eigenvalue weighted by atomic mass is 16.5. The van der Waals surface area contributed by atoms with E-state index in [0.29, 0.717) is 12.8 Å². The van der Waals surface area contributed by atoms with Crippen molar-refractivity contribution >= 4 is 11.9 Å². The topological polar surface area (TPSA) is 52.6 Å². The second kappa shape index (κ2) is 9.06. The van der Waals surface area contributed by atoms with Crippen LogP contribution in [-0.2, 0) is 19.1 Å². The van der Waals surface area contributed by atoms with E-state index in [4.69, 9.17) is 9.47 Å². The molecule has 0 aromatic rings. The third kappa shape index (κ3) is 6.49. The Balaban J connectivity index is 1.34. The van der Waals surface area contributed by atoms with Gasteiger partial charge in [0.05, 0.1) is 0 Å². The summed E-state index contributed by atoms with van der Waals surface area (Å²) in [6.45, 7) is 0. The first-order chi connectivity index (χ1) is 10.2. The molecule has 0 saturated heterocycles. The summed E-state index contributed by atoms with van der Waals surface area (Å²) in [5, 5.41) is 0. The lowest BCUT2D eigenvalue weighted by molar-refractivity contribution is -0.153. The van der Waals surface area contributed by atoms with E-state index in [-0.39, 0.29) is 24.1 Å². The van der Waals surface area contributed by atoms with Crippen LogP contribution in [0.4, 0.5) is 0 Å². The molecule has 0 N–H and O–H groups in total. The van der Waals surface area contributed by atoms with Gasteiger partial charge >= 0.3 is 11.9 Å². The number of unbranched alkanes of at least 4 members (excludes halogenated alkanes) is 4. The number of esters is 2. The van der Waals surface area contributed by atoms with Crippen LogP contribution in [0.25, 0.3) is 0 Å². The van der Waals surface area contributed by atoms with E-state index in [9.17, 15) is 9.59 Å². The predicted molar refractivity (Wildman–Crippen MR) is 79.8 cm³/mol. The van der Waals surface area contributed by atoms with E-state index in [1.54, 1.807) is 0 Å². The van der Waals surface area contributed by atoms with Gasteiger partial charge in [-0.1, -0.05) is 19.3 Å². The summed E-state index contributed by atoms with van der Waals surface area (Å²) in [4.78, 5) is 23.0. The second-order valence-corrected chi connectivity index (χ2v) is 6.35. The van der Waals surface area contributed by atoms with Crippen molar-refractivity contribution in [3.63, 3.8) is 0 Å². The van der Waals surface area contributed by atoms with Gasteiger partial charge < -0.3 is 9.47 Å². The molecule has 0 unspecified atom stereocenters. The Hall–Kier alpha value is -1.06. The largest absolute Gasteiger partial charge is 0.462 e. The molecule has 0 amide bonds. The molecular formula is C17H28O4. The number of hydrogen-bond acceptors (Lipinski definition) is 4. The Kier molecular flexibility index (Phi) is 7.04. The Morgan fingerprint density at radius 1 is 0.667 bits per heavy atom. The molecule has 2 rings (SSSR count). The highest BCUT2D eigenvalue weighted by Crippen LogP contribution is 2.23. The standard InChI is InChI=1S/C17H28O4/c18-16(20-14-8-6-9-14)12-4-2-1-3-5-13-17(19)21-15-10-7-11-15/h14-15H,1-13H2. The molecule has 2 aliphatic carbocycles. The molecule has 4 nitrogen and oxygen atoms in total. The molecule has 2 aliphatic rings. The molecule has 0 aromatic carbocycles. The number of hydrogen-bond donors (Lipinski definition) is 0. The van der Waals surface area contributed by atoms with Crippen LogP contribution in [0.1, 0.15) is 83.5 Å². The minimum Gasteiger partial charge on any atom is -0.462 e. The number of rotatable bonds is 10. The monoisotopic (exact) mass is 296 g/mol. The summed E-state index contributed by atoms with van der Waals surface area (Å²) >= 11 is 0. The number of carbonyl (C=O) groups excluding carboxylic acids is 2. The summed E-state index contributed by atoms with van der Waals surface area (Å²) < 4.78 is 10.6. The minimum absolute atomic E-state index is 0.0382. The van der Waals surface area contributed by atoms with Gasteiger partial charge in [0.1, 0.15) is 12.2 Å². The highest BCUT2D eigenvalue weighted by molar-refractivity contribution is 5.69. The molecule has 0 bridgehead atoms. The van der Waals surface area contributed by atoms with Crippen molar-refractivity contribution < 1.29 is 19.1 Å². The van der Waals surface area contributed by atoms with Gasteiger partial charge in [-0.15, -0.1) is 0 Å². The first-order valence-corrected chi connectivity index (χ1v) is 8.63. The van der Waals surface area contributed by atoms with Crippen LogP contribution in [0.3, 0.4) is 0 Å². The Bertz CT molecular complexity index is 300. The van der Waals surface area contributed by atoms with Gasteiger partial charge in [-0.25, -0.2) is 0 Å². The molecule has 0 spiro atoms. The number of ether oxygens (including phenoxy) is 2. The predicted octanol–water partition coefficient (Wildman–Crippen LogP) is 3.91. The lowest BCUT2D eigenvalue weighted by Crippen LogP contribution is -2.24. The van der Waals surface area contributed by atoms with Crippen molar-refractivity contribution in [3.05, 3.63) is 0 Å². The second-order valence-electron chi connectivity index (χ2n) is 6.35. The Labute approximate surface area is 127 Å². The average Bonchev–Trinajstić information content (AvgIpc) is 2.37. The fourth-order valence-electron chi connectivity index (χ4n) is 2.54. The Morgan fingerprint density at radius 2 is 1.05 bits per heavy atom. The first kappa shape index (κ1) is 16.3. The van der Waals surface area contributed by atoms with E-state index >= 15 is 0 Å². The first-order valence-electron chi connectivity index (χ1n) is 8.63. The molecule has 120 valence electrons. The third-order valence-corrected chi connectivity index (χ3v) is 4.46. The van der Waals surface area contributed by atoms with Crippen LogP contribution in [0.5, 0.6) is 0 Å². The van der Waals surface area contributed by atoms with E-state index in [2.05, 4.69) is 0 Å². The molecule has 0 aromatic heterocycles. The van der Waals surface area contributed by atoms with Crippen molar-refractivity contribution in [1.82, 2.24) is 0 Å². The quantitative estimate of drug-likeness (QED) is 0.453. The summed E-state index contributed by atoms with van der Waals surface area (Å²) in [5.41, 5.74) is 0. The average molecular weight is 296 g/mol. The van der Waals surface area contributed by atoms with Crippen molar-refractivity contribution in [3.8, 4) is 0 Å². The van der Waals surface area contributed by atoms with E-state index < -0.39 is 0 Å².